The van der Waals surface area contributed by atoms with Crippen molar-refractivity contribution >= 4 is 17.3 Å². The Hall–Kier alpha value is -2.33. The van der Waals surface area contributed by atoms with Crippen molar-refractivity contribution in [2.24, 2.45) is 0 Å². The van der Waals surface area contributed by atoms with Gasteiger partial charge in [0.25, 0.3) is 5.91 Å². The standard InChI is InChI=1S/C21H27N3O/c1-23(2)16-17-9-8-10-18(15-17)21(25)22-19-11-4-5-12-20(19)24-13-6-3-7-14-24/h4-5,8-12,15H,3,6-7,13-14,16H2,1-2H3,(H,22,25). The van der Waals surface area contributed by atoms with Gasteiger partial charge in [0, 0.05) is 25.2 Å². The molecule has 1 aliphatic heterocycles. The molecule has 1 saturated heterocycles. The van der Waals surface area contributed by atoms with Crippen molar-refractivity contribution in [2.45, 2.75) is 25.8 Å². The summed E-state index contributed by atoms with van der Waals surface area (Å²) < 4.78 is 0. The number of hydrogen-bond acceptors (Lipinski definition) is 3. The van der Waals surface area contributed by atoms with Crippen LogP contribution in [0.25, 0.3) is 0 Å². The quantitative estimate of drug-likeness (QED) is 0.896. The summed E-state index contributed by atoms with van der Waals surface area (Å²) in [6.07, 6.45) is 3.73. The first-order valence-corrected chi connectivity index (χ1v) is 9.02. The van der Waals surface area contributed by atoms with E-state index in [1.807, 2.05) is 50.5 Å². The Balaban J connectivity index is 1.77. The predicted octanol–water partition coefficient (Wildman–Crippen LogP) is 3.99. The molecule has 0 unspecified atom stereocenters. The molecule has 1 N–H and O–H groups in total. The van der Waals surface area contributed by atoms with Gasteiger partial charge in [-0.05, 0) is 63.2 Å². The fraction of sp³-hybridized carbons (Fsp3) is 0.381. The number of anilines is 2. The molecule has 0 spiro atoms. The maximum atomic E-state index is 12.7. The molecule has 1 aliphatic rings. The zero-order valence-electron chi connectivity index (χ0n) is 15.2. The normalized spacial score (nSPS) is 14.6. The van der Waals surface area contributed by atoms with Gasteiger partial charge in [-0.25, -0.2) is 0 Å². The second kappa shape index (κ2) is 8.17. The minimum atomic E-state index is -0.0509. The van der Waals surface area contributed by atoms with Crippen LogP contribution < -0.4 is 10.2 Å². The lowest BCUT2D eigenvalue weighted by molar-refractivity contribution is 0.102. The SMILES string of the molecule is CN(C)Cc1cccc(C(=O)Nc2ccccc2N2CCCCC2)c1. The second-order valence-corrected chi connectivity index (χ2v) is 6.96. The van der Waals surface area contributed by atoms with E-state index < -0.39 is 0 Å². The number of rotatable bonds is 5. The van der Waals surface area contributed by atoms with Crippen molar-refractivity contribution < 1.29 is 4.79 Å². The Morgan fingerprint density at radius 1 is 1.04 bits per heavy atom. The van der Waals surface area contributed by atoms with Crippen molar-refractivity contribution in [3.8, 4) is 0 Å². The molecule has 0 radical (unpaired) electrons. The van der Waals surface area contributed by atoms with Crippen LogP contribution in [0.1, 0.15) is 35.2 Å². The van der Waals surface area contributed by atoms with Gasteiger partial charge in [0.1, 0.15) is 0 Å². The van der Waals surface area contributed by atoms with E-state index in [2.05, 4.69) is 27.2 Å². The summed E-state index contributed by atoms with van der Waals surface area (Å²) >= 11 is 0. The Morgan fingerprint density at radius 2 is 1.80 bits per heavy atom. The van der Waals surface area contributed by atoms with Crippen LogP contribution in [0.2, 0.25) is 0 Å². The number of hydrogen-bond donors (Lipinski definition) is 1. The molecule has 0 saturated carbocycles. The van der Waals surface area contributed by atoms with Gasteiger partial charge in [-0.1, -0.05) is 24.3 Å². The monoisotopic (exact) mass is 337 g/mol. The zero-order chi connectivity index (χ0) is 17.6. The predicted molar refractivity (Wildman–Crippen MR) is 104 cm³/mol. The fourth-order valence-corrected chi connectivity index (χ4v) is 3.36. The van der Waals surface area contributed by atoms with Gasteiger partial charge in [-0.15, -0.1) is 0 Å². The minimum Gasteiger partial charge on any atom is -0.370 e. The summed E-state index contributed by atoms with van der Waals surface area (Å²) in [4.78, 5) is 17.2. The van der Waals surface area contributed by atoms with Crippen molar-refractivity contribution in [3.63, 3.8) is 0 Å². The molecule has 0 bridgehead atoms. The maximum Gasteiger partial charge on any atom is 0.255 e. The Kier molecular flexibility index (Phi) is 5.71. The summed E-state index contributed by atoms with van der Waals surface area (Å²) in [5.74, 6) is -0.0509. The lowest BCUT2D eigenvalue weighted by atomic mass is 10.1. The van der Waals surface area contributed by atoms with E-state index in [0.717, 1.165) is 36.6 Å². The van der Waals surface area contributed by atoms with Crippen molar-refractivity contribution in [3.05, 3.63) is 59.7 Å². The third kappa shape index (κ3) is 4.60. The van der Waals surface area contributed by atoms with Crippen LogP contribution in [0, 0.1) is 0 Å². The van der Waals surface area contributed by atoms with Crippen LogP contribution in [-0.2, 0) is 6.54 Å². The number of benzene rings is 2. The minimum absolute atomic E-state index is 0.0509. The van der Waals surface area contributed by atoms with Crippen LogP contribution in [0.5, 0.6) is 0 Å². The number of para-hydroxylation sites is 2. The molecule has 1 amide bonds. The van der Waals surface area contributed by atoms with Gasteiger partial charge in [0.2, 0.25) is 0 Å². The van der Waals surface area contributed by atoms with Crippen LogP contribution >= 0.6 is 0 Å². The van der Waals surface area contributed by atoms with E-state index in [-0.39, 0.29) is 5.91 Å². The van der Waals surface area contributed by atoms with Crippen LogP contribution in [0.3, 0.4) is 0 Å². The molecule has 3 rings (SSSR count). The van der Waals surface area contributed by atoms with E-state index in [1.165, 1.54) is 19.3 Å². The number of piperidine rings is 1. The second-order valence-electron chi connectivity index (χ2n) is 6.96. The lowest BCUT2D eigenvalue weighted by Gasteiger charge is -2.30. The molecular weight excluding hydrogens is 310 g/mol. The fourth-order valence-electron chi connectivity index (χ4n) is 3.36. The molecule has 1 fully saturated rings. The first kappa shape index (κ1) is 17.5. The Labute approximate surface area is 150 Å². The maximum absolute atomic E-state index is 12.7. The molecule has 0 atom stereocenters. The van der Waals surface area contributed by atoms with Gasteiger partial charge >= 0.3 is 0 Å². The molecule has 0 aliphatic carbocycles. The van der Waals surface area contributed by atoms with Gasteiger partial charge in [-0.3, -0.25) is 4.79 Å². The van der Waals surface area contributed by atoms with Crippen molar-refractivity contribution in [2.75, 3.05) is 37.4 Å². The summed E-state index contributed by atoms with van der Waals surface area (Å²) in [7, 11) is 4.06. The first-order valence-electron chi connectivity index (χ1n) is 9.02. The highest BCUT2D eigenvalue weighted by Crippen LogP contribution is 2.28. The number of amides is 1. The molecule has 1 heterocycles. The number of carbonyl (C=O) groups excluding carboxylic acids is 1. The summed E-state index contributed by atoms with van der Waals surface area (Å²) in [5, 5.41) is 3.11. The van der Waals surface area contributed by atoms with E-state index in [4.69, 9.17) is 0 Å². The molecule has 25 heavy (non-hydrogen) atoms. The largest absolute Gasteiger partial charge is 0.370 e. The van der Waals surface area contributed by atoms with E-state index >= 15 is 0 Å². The van der Waals surface area contributed by atoms with Gasteiger partial charge in [0.15, 0.2) is 0 Å². The Bertz CT molecular complexity index is 721. The third-order valence-corrected chi connectivity index (χ3v) is 4.54. The van der Waals surface area contributed by atoms with Crippen LogP contribution in [-0.4, -0.2) is 38.0 Å². The molecule has 0 aromatic heterocycles. The van der Waals surface area contributed by atoms with E-state index in [1.54, 1.807) is 0 Å². The summed E-state index contributed by atoms with van der Waals surface area (Å²) in [5.41, 5.74) is 3.86. The van der Waals surface area contributed by atoms with Crippen molar-refractivity contribution in [1.29, 1.82) is 0 Å². The summed E-state index contributed by atoms with van der Waals surface area (Å²) in [6.45, 7) is 2.95. The average Bonchev–Trinajstić information content (AvgIpc) is 2.62. The highest BCUT2D eigenvalue weighted by atomic mass is 16.1. The van der Waals surface area contributed by atoms with Crippen LogP contribution in [0.15, 0.2) is 48.5 Å². The number of nitrogens with one attached hydrogen (secondary N) is 1. The molecule has 132 valence electrons. The number of nitrogens with zero attached hydrogens (tertiary/aromatic N) is 2. The van der Waals surface area contributed by atoms with E-state index in [9.17, 15) is 4.79 Å². The topological polar surface area (TPSA) is 35.6 Å². The molecule has 4 heteroatoms. The molecular formula is C21H27N3O. The van der Waals surface area contributed by atoms with Crippen molar-refractivity contribution in [1.82, 2.24) is 4.90 Å². The zero-order valence-corrected chi connectivity index (χ0v) is 15.2. The Morgan fingerprint density at radius 3 is 2.56 bits per heavy atom. The number of carbonyl (C=O) groups is 1. The molecule has 4 nitrogen and oxygen atoms in total. The average molecular weight is 337 g/mol. The first-order chi connectivity index (χ1) is 12.1. The van der Waals surface area contributed by atoms with Gasteiger partial charge in [-0.2, -0.15) is 0 Å². The van der Waals surface area contributed by atoms with Gasteiger partial charge in [0.05, 0.1) is 11.4 Å². The smallest absolute Gasteiger partial charge is 0.255 e. The lowest BCUT2D eigenvalue weighted by Crippen LogP contribution is -2.30. The summed E-state index contributed by atoms with van der Waals surface area (Å²) in [6, 6.07) is 16.0. The highest BCUT2D eigenvalue weighted by Gasteiger charge is 2.16. The van der Waals surface area contributed by atoms with E-state index in [0.29, 0.717) is 5.56 Å². The highest BCUT2D eigenvalue weighted by molar-refractivity contribution is 6.06. The van der Waals surface area contributed by atoms with Gasteiger partial charge < -0.3 is 15.1 Å². The molecule has 2 aromatic carbocycles. The molecule has 2 aromatic rings. The van der Waals surface area contributed by atoms with Crippen LogP contribution in [0.4, 0.5) is 11.4 Å². The third-order valence-electron chi connectivity index (χ3n) is 4.54.